The molecule has 11 heteroatoms. The quantitative estimate of drug-likeness (QED) is 0.207. The van der Waals surface area contributed by atoms with Crippen LogP contribution in [0.3, 0.4) is 0 Å². The molecule has 2 aromatic heterocycles. The zero-order chi connectivity index (χ0) is 24.4. The van der Waals surface area contributed by atoms with Crippen LogP contribution in [-0.4, -0.2) is 35.0 Å². The number of imidazole rings is 1. The fourth-order valence-corrected chi connectivity index (χ4v) is 5.47. The molecule has 0 aliphatic rings. The van der Waals surface area contributed by atoms with Crippen LogP contribution in [0.2, 0.25) is 0 Å². The maximum atomic E-state index is 12.7. The standard InChI is InChI=1S/C23H22BrN5O3S2/c1-13-8-14(2)22(15(3)9-13)29-20-6-7-25-11-19(20)27-23(29)33-12-21(30)26-18-5-4-16(10-17(18)24)28-34(31)32/h4-11,28H,12H2,1-3H3,(H,26,30)(H,31,32). The Kier molecular flexibility index (Phi) is 7.36. The fourth-order valence-electron chi connectivity index (χ4n) is 3.85. The summed E-state index contributed by atoms with van der Waals surface area (Å²) >= 11 is 2.56. The van der Waals surface area contributed by atoms with Crippen LogP contribution in [-0.2, 0) is 16.1 Å². The first kappa shape index (κ1) is 24.4. The third-order valence-electron chi connectivity index (χ3n) is 5.07. The van der Waals surface area contributed by atoms with E-state index in [1.165, 1.54) is 17.3 Å². The van der Waals surface area contributed by atoms with Crippen LogP contribution >= 0.6 is 27.7 Å². The second-order valence-electron chi connectivity index (χ2n) is 7.72. The van der Waals surface area contributed by atoms with Crippen molar-refractivity contribution in [3.63, 3.8) is 0 Å². The Labute approximate surface area is 212 Å². The molecule has 1 atom stereocenters. The highest BCUT2D eigenvalue weighted by Gasteiger charge is 2.18. The van der Waals surface area contributed by atoms with E-state index in [9.17, 15) is 9.00 Å². The number of nitrogens with one attached hydrogen (secondary N) is 2. The van der Waals surface area contributed by atoms with Gasteiger partial charge in [0.05, 0.1) is 28.8 Å². The number of aromatic nitrogens is 3. The third-order valence-corrected chi connectivity index (χ3v) is 7.07. The lowest BCUT2D eigenvalue weighted by molar-refractivity contribution is -0.113. The minimum atomic E-state index is -2.17. The molecule has 2 aromatic carbocycles. The molecular weight excluding hydrogens is 538 g/mol. The van der Waals surface area contributed by atoms with Crippen LogP contribution in [0.4, 0.5) is 11.4 Å². The molecule has 34 heavy (non-hydrogen) atoms. The first-order chi connectivity index (χ1) is 16.2. The van der Waals surface area contributed by atoms with Crippen molar-refractivity contribution in [1.82, 2.24) is 14.5 Å². The first-order valence-electron chi connectivity index (χ1n) is 10.2. The van der Waals surface area contributed by atoms with E-state index < -0.39 is 11.3 Å². The van der Waals surface area contributed by atoms with E-state index in [1.54, 1.807) is 30.6 Å². The molecular formula is C23H22BrN5O3S2. The predicted octanol–water partition coefficient (Wildman–Crippen LogP) is 5.39. The molecule has 0 saturated carbocycles. The minimum absolute atomic E-state index is 0.147. The SMILES string of the molecule is Cc1cc(C)c(-n2c(SCC(=O)Nc3ccc(NS(=O)O)cc3Br)nc3cnccc32)c(C)c1. The van der Waals surface area contributed by atoms with Gasteiger partial charge in [0.15, 0.2) is 5.16 Å². The van der Waals surface area contributed by atoms with Gasteiger partial charge in [-0.05, 0) is 72.1 Å². The fraction of sp³-hybridized carbons (Fsp3) is 0.174. The van der Waals surface area contributed by atoms with E-state index in [2.05, 4.69) is 68.4 Å². The lowest BCUT2D eigenvalue weighted by Gasteiger charge is -2.16. The Morgan fingerprint density at radius 1 is 1.18 bits per heavy atom. The molecule has 4 rings (SSSR count). The van der Waals surface area contributed by atoms with Gasteiger partial charge in [-0.1, -0.05) is 29.5 Å². The molecule has 1 amide bonds. The monoisotopic (exact) mass is 559 g/mol. The number of halogens is 1. The average Bonchev–Trinajstić information content (AvgIpc) is 3.11. The zero-order valence-corrected chi connectivity index (χ0v) is 21.8. The summed E-state index contributed by atoms with van der Waals surface area (Å²) < 4.78 is 24.9. The number of carbonyl (C=O) groups is 1. The normalized spacial score (nSPS) is 12.0. The van der Waals surface area contributed by atoms with Crippen molar-refractivity contribution in [2.45, 2.75) is 25.9 Å². The number of thioether (sulfide) groups is 1. The topological polar surface area (TPSA) is 109 Å². The number of rotatable bonds is 7. The van der Waals surface area contributed by atoms with Gasteiger partial charge in [-0.3, -0.25) is 23.6 Å². The van der Waals surface area contributed by atoms with Gasteiger partial charge in [0, 0.05) is 16.4 Å². The molecule has 0 fully saturated rings. The zero-order valence-electron chi connectivity index (χ0n) is 18.6. The van der Waals surface area contributed by atoms with E-state index in [1.807, 2.05) is 6.07 Å². The van der Waals surface area contributed by atoms with E-state index in [-0.39, 0.29) is 11.7 Å². The highest BCUT2D eigenvalue weighted by Crippen LogP contribution is 2.32. The molecule has 4 aromatic rings. The molecule has 0 aliphatic carbocycles. The second-order valence-corrected chi connectivity index (χ2v) is 10.2. The Hall–Kier alpha value is -2.73. The highest BCUT2D eigenvalue weighted by molar-refractivity contribution is 9.10. The maximum absolute atomic E-state index is 12.7. The molecule has 8 nitrogen and oxygen atoms in total. The molecule has 2 heterocycles. The Morgan fingerprint density at radius 2 is 1.91 bits per heavy atom. The number of hydrogen-bond acceptors (Lipinski definition) is 5. The summed E-state index contributed by atoms with van der Waals surface area (Å²) in [4.78, 5) is 21.7. The molecule has 0 radical (unpaired) electrons. The highest BCUT2D eigenvalue weighted by atomic mass is 79.9. The summed E-state index contributed by atoms with van der Waals surface area (Å²) in [5, 5.41) is 3.57. The van der Waals surface area contributed by atoms with Gasteiger partial charge in [0.2, 0.25) is 5.91 Å². The largest absolute Gasteiger partial charge is 0.324 e. The molecule has 3 N–H and O–H groups in total. The summed E-state index contributed by atoms with van der Waals surface area (Å²) in [6.45, 7) is 6.22. The number of carbonyl (C=O) groups excluding carboxylic acids is 1. The Morgan fingerprint density at radius 3 is 2.59 bits per heavy atom. The average molecular weight is 560 g/mol. The minimum Gasteiger partial charge on any atom is -0.324 e. The van der Waals surface area contributed by atoms with Crippen molar-refractivity contribution >= 4 is 67.3 Å². The molecule has 0 bridgehead atoms. The summed E-state index contributed by atoms with van der Waals surface area (Å²) in [6, 6.07) is 11.1. The van der Waals surface area contributed by atoms with Crippen molar-refractivity contribution in [2.75, 3.05) is 15.8 Å². The number of hydrogen-bond donors (Lipinski definition) is 3. The molecule has 0 aliphatic heterocycles. The van der Waals surface area contributed by atoms with Crippen LogP contribution < -0.4 is 10.0 Å². The molecule has 0 spiro atoms. The number of anilines is 2. The van der Waals surface area contributed by atoms with Gasteiger partial charge in [-0.25, -0.2) is 9.19 Å². The molecule has 1 unspecified atom stereocenters. The van der Waals surface area contributed by atoms with Crippen molar-refractivity contribution in [3.8, 4) is 5.69 Å². The van der Waals surface area contributed by atoms with Gasteiger partial charge in [0.1, 0.15) is 5.52 Å². The van der Waals surface area contributed by atoms with Crippen LogP contribution in [0.15, 0.2) is 58.4 Å². The number of nitrogens with zero attached hydrogens (tertiary/aromatic N) is 3. The lowest BCUT2D eigenvalue weighted by Crippen LogP contribution is -2.15. The molecule has 176 valence electrons. The van der Waals surface area contributed by atoms with Crippen molar-refractivity contribution in [1.29, 1.82) is 0 Å². The Bertz CT molecular complexity index is 1400. The maximum Gasteiger partial charge on any atom is 0.259 e. The number of fused-ring (bicyclic) bond motifs is 1. The van der Waals surface area contributed by atoms with Crippen LogP contribution in [0.25, 0.3) is 16.7 Å². The first-order valence-corrected chi connectivity index (χ1v) is 13.1. The van der Waals surface area contributed by atoms with Crippen LogP contribution in [0, 0.1) is 20.8 Å². The molecule has 0 saturated heterocycles. The van der Waals surface area contributed by atoms with Crippen molar-refractivity contribution < 1.29 is 13.6 Å². The summed E-state index contributed by atoms with van der Waals surface area (Å²) in [7, 11) is 0. The summed E-state index contributed by atoms with van der Waals surface area (Å²) in [6.07, 6.45) is 3.46. The van der Waals surface area contributed by atoms with Gasteiger partial charge in [-0.2, -0.15) is 0 Å². The van der Waals surface area contributed by atoms with Gasteiger partial charge >= 0.3 is 0 Å². The number of benzene rings is 2. The number of pyridine rings is 1. The van der Waals surface area contributed by atoms with E-state index in [0.29, 0.717) is 21.0 Å². The van der Waals surface area contributed by atoms with E-state index in [4.69, 9.17) is 9.54 Å². The number of amides is 1. The van der Waals surface area contributed by atoms with Gasteiger partial charge in [-0.15, -0.1) is 0 Å². The van der Waals surface area contributed by atoms with Gasteiger partial charge in [0.25, 0.3) is 11.3 Å². The predicted molar refractivity (Wildman–Crippen MR) is 141 cm³/mol. The second kappa shape index (κ2) is 10.3. The third kappa shape index (κ3) is 5.33. The smallest absolute Gasteiger partial charge is 0.259 e. The van der Waals surface area contributed by atoms with Crippen LogP contribution in [0.1, 0.15) is 16.7 Å². The lowest BCUT2D eigenvalue weighted by atomic mass is 10.0. The van der Waals surface area contributed by atoms with E-state index in [0.717, 1.165) is 27.8 Å². The van der Waals surface area contributed by atoms with Crippen LogP contribution in [0.5, 0.6) is 0 Å². The van der Waals surface area contributed by atoms with Crippen molar-refractivity contribution in [3.05, 3.63) is 70.0 Å². The summed E-state index contributed by atoms with van der Waals surface area (Å²) in [5.41, 5.74) is 7.19. The van der Waals surface area contributed by atoms with Gasteiger partial charge < -0.3 is 5.32 Å². The summed E-state index contributed by atoms with van der Waals surface area (Å²) in [5.74, 6) is -0.0559. The Balaban J connectivity index is 1.58. The van der Waals surface area contributed by atoms with E-state index >= 15 is 0 Å². The number of aryl methyl sites for hydroxylation is 3. The van der Waals surface area contributed by atoms with Crippen molar-refractivity contribution in [2.24, 2.45) is 0 Å².